The molecule has 0 spiro atoms. The van der Waals surface area contributed by atoms with Gasteiger partial charge in [0, 0.05) is 17.5 Å². The molecule has 5 heteroatoms. The summed E-state index contributed by atoms with van der Waals surface area (Å²) in [7, 11) is 0. The molecule has 0 aliphatic heterocycles. The number of aryl methyl sites for hydroxylation is 2. The van der Waals surface area contributed by atoms with Gasteiger partial charge in [0.1, 0.15) is 12.4 Å². The second kappa shape index (κ2) is 4.85. The highest BCUT2D eigenvalue weighted by Gasteiger charge is 2.12. The maximum absolute atomic E-state index is 11.9. The standard InChI is InChI=1S/C15H15N3O2/c1-10-8-14(19)18-15(16-10)13(11(2)17-18)9-20-12-6-4-3-5-7-12/h3-8,17H,9H2,1-2H3. The molecule has 102 valence electrons. The van der Waals surface area contributed by atoms with E-state index in [-0.39, 0.29) is 5.56 Å². The van der Waals surface area contributed by atoms with Crippen molar-refractivity contribution in [3.8, 4) is 5.75 Å². The van der Waals surface area contributed by atoms with Gasteiger partial charge < -0.3 is 4.74 Å². The van der Waals surface area contributed by atoms with Gasteiger partial charge in [0.25, 0.3) is 5.56 Å². The van der Waals surface area contributed by atoms with Gasteiger partial charge in [-0.3, -0.25) is 9.89 Å². The van der Waals surface area contributed by atoms with Gasteiger partial charge in [-0.1, -0.05) is 18.2 Å². The van der Waals surface area contributed by atoms with Crippen LogP contribution in [0.5, 0.6) is 5.75 Å². The zero-order chi connectivity index (χ0) is 14.1. The van der Waals surface area contributed by atoms with E-state index < -0.39 is 0 Å². The van der Waals surface area contributed by atoms with Gasteiger partial charge in [0.2, 0.25) is 0 Å². The smallest absolute Gasteiger partial charge is 0.272 e. The van der Waals surface area contributed by atoms with Crippen molar-refractivity contribution in [1.29, 1.82) is 0 Å². The third-order valence-corrected chi connectivity index (χ3v) is 3.18. The SMILES string of the molecule is Cc1cc(=O)n2[nH]c(C)c(COc3ccccc3)c2n1. The van der Waals surface area contributed by atoms with Crippen molar-refractivity contribution in [2.45, 2.75) is 20.5 Å². The Kier molecular flexibility index (Phi) is 3.02. The van der Waals surface area contributed by atoms with Crippen LogP contribution in [-0.4, -0.2) is 14.6 Å². The summed E-state index contributed by atoms with van der Waals surface area (Å²) in [6, 6.07) is 11.1. The summed E-state index contributed by atoms with van der Waals surface area (Å²) in [5, 5.41) is 3.02. The Morgan fingerprint density at radius 3 is 2.75 bits per heavy atom. The molecule has 20 heavy (non-hydrogen) atoms. The molecule has 0 saturated carbocycles. The number of ether oxygens (including phenoxy) is 1. The number of benzene rings is 1. The van der Waals surface area contributed by atoms with Gasteiger partial charge in [-0.2, -0.15) is 0 Å². The van der Waals surface area contributed by atoms with Crippen molar-refractivity contribution in [2.75, 3.05) is 0 Å². The van der Waals surface area contributed by atoms with Crippen LogP contribution >= 0.6 is 0 Å². The molecule has 1 N–H and O–H groups in total. The molecule has 0 fully saturated rings. The highest BCUT2D eigenvalue weighted by Crippen LogP contribution is 2.16. The summed E-state index contributed by atoms with van der Waals surface area (Å²) in [5.41, 5.74) is 3.01. The summed E-state index contributed by atoms with van der Waals surface area (Å²) in [6.07, 6.45) is 0. The lowest BCUT2D eigenvalue weighted by atomic mass is 10.2. The number of aromatic amines is 1. The maximum Gasteiger partial charge on any atom is 0.272 e. The zero-order valence-corrected chi connectivity index (χ0v) is 11.4. The van der Waals surface area contributed by atoms with Gasteiger partial charge in [0.05, 0.1) is 5.56 Å². The van der Waals surface area contributed by atoms with Crippen molar-refractivity contribution in [3.05, 3.63) is 63.7 Å². The van der Waals surface area contributed by atoms with Crippen LogP contribution in [-0.2, 0) is 6.61 Å². The van der Waals surface area contributed by atoms with Crippen molar-refractivity contribution >= 4 is 5.65 Å². The predicted molar refractivity (Wildman–Crippen MR) is 76.1 cm³/mol. The van der Waals surface area contributed by atoms with Crippen molar-refractivity contribution in [2.24, 2.45) is 0 Å². The van der Waals surface area contributed by atoms with E-state index in [4.69, 9.17) is 4.74 Å². The molecule has 3 rings (SSSR count). The third-order valence-electron chi connectivity index (χ3n) is 3.18. The lowest BCUT2D eigenvalue weighted by molar-refractivity contribution is 0.306. The molecule has 2 aromatic heterocycles. The van der Waals surface area contributed by atoms with Crippen LogP contribution in [0.1, 0.15) is 17.0 Å². The first-order valence-electron chi connectivity index (χ1n) is 6.41. The minimum absolute atomic E-state index is 0.110. The molecule has 0 atom stereocenters. The number of rotatable bonds is 3. The monoisotopic (exact) mass is 269 g/mol. The van der Waals surface area contributed by atoms with E-state index in [1.807, 2.05) is 44.2 Å². The largest absolute Gasteiger partial charge is 0.489 e. The minimum atomic E-state index is -0.110. The topological polar surface area (TPSA) is 59.4 Å². The Bertz CT molecular complexity index is 803. The van der Waals surface area contributed by atoms with Crippen LogP contribution in [0.2, 0.25) is 0 Å². The Hall–Kier alpha value is -2.56. The van der Waals surface area contributed by atoms with Crippen LogP contribution in [0.3, 0.4) is 0 Å². The number of para-hydroxylation sites is 1. The highest BCUT2D eigenvalue weighted by atomic mass is 16.5. The first-order chi connectivity index (χ1) is 9.65. The maximum atomic E-state index is 11.9. The fraction of sp³-hybridized carbons (Fsp3) is 0.200. The second-order valence-electron chi connectivity index (χ2n) is 4.71. The average Bonchev–Trinajstić information content (AvgIpc) is 2.74. The predicted octanol–water partition coefficient (Wildman–Crippen LogP) is 2.22. The van der Waals surface area contributed by atoms with Crippen molar-refractivity contribution in [1.82, 2.24) is 14.6 Å². The molecule has 5 nitrogen and oxygen atoms in total. The van der Waals surface area contributed by atoms with Crippen LogP contribution in [0.15, 0.2) is 41.2 Å². The molecule has 0 aliphatic rings. The second-order valence-corrected chi connectivity index (χ2v) is 4.71. The van der Waals surface area contributed by atoms with Gasteiger partial charge in [-0.05, 0) is 26.0 Å². The minimum Gasteiger partial charge on any atom is -0.489 e. The number of hydrogen-bond donors (Lipinski definition) is 1. The van der Waals surface area contributed by atoms with E-state index in [0.29, 0.717) is 17.9 Å². The van der Waals surface area contributed by atoms with E-state index in [2.05, 4.69) is 10.1 Å². The quantitative estimate of drug-likeness (QED) is 0.793. The zero-order valence-electron chi connectivity index (χ0n) is 11.4. The summed E-state index contributed by atoms with van der Waals surface area (Å²) in [5.74, 6) is 0.793. The summed E-state index contributed by atoms with van der Waals surface area (Å²) in [6.45, 7) is 4.09. The Labute approximate surface area is 115 Å². The summed E-state index contributed by atoms with van der Waals surface area (Å²) < 4.78 is 7.19. The first-order valence-corrected chi connectivity index (χ1v) is 6.41. The van der Waals surface area contributed by atoms with Gasteiger partial charge in [-0.15, -0.1) is 0 Å². The van der Waals surface area contributed by atoms with Crippen LogP contribution < -0.4 is 10.3 Å². The Balaban J connectivity index is 1.99. The fourth-order valence-corrected chi connectivity index (χ4v) is 2.16. The Morgan fingerprint density at radius 2 is 2.00 bits per heavy atom. The van der Waals surface area contributed by atoms with Gasteiger partial charge >= 0.3 is 0 Å². The molecule has 2 heterocycles. The first kappa shape index (κ1) is 12.5. The summed E-state index contributed by atoms with van der Waals surface area (Å²) >= 11 is 0. The highest BCUT2D eigenvalue weighted by molar-refractivity contribution is 5.50. The lowest BCUT2D eigenvalue weighted by Gasteiger charge is -2.05. The van der Waals surface area contributed by atoms with Gasteiger partial charge in [-0.25, -0.2) is 9.50 Å². The van der Waals surface area contributed by atoms with E-state index in [0.717, 1.165) is 17.0 Å². The Morgan fingerprint density at radius 1 is 1.25 bits per heavy atom. The molecular formula is C15H15N3O2. The lowest BCUT2D eigenvalue weighted by Crippen LogP contribution is -2.14. The number of fused-ring (bicyclic) bond motifs is 1. The summed E-state index contributed by atoms with van der Waals surface area (Å²) in [4.78, 5) is 16.3. The molecule has 0 amide bonds. The fourth-order valence-electron chi connectivity index (χ4n) is 2.16. The molecule has 3 aromatic rings. The number of nitrogens with one attached hydrogen (secondary N) is 1. The number of nitrogens with zero attached hydrogens (tertiary/aromatic N) is 2. The molecule has 0 radical (unpaired) electrons. The van der Waals surface area contributed by atoms with Crippen LogP contribution in [0.25, 0.3) is 5.65 Å². The molecule has 0 aliphatic carbocycles. The number of hydrogen-bond acceptors (Lipinski definition) is 3. The van der Waals surface area contributed by atoms with Crippen molar-refractivity contribution in [3.63, 3.8) is 0 Å². The average molecular weight is 269 g/mol. The van der Waals surface area contributed by atoms with Crippen molar-refractivity contribution < 1.29 is 4.74 Å². The molecule has 0 saturated heterocycles. The molecule has 0 bridgehead atoms. The van der Waals surface area contributed by atoms with Gasteiger partial charge in [0.15, 0.2) is 5.65 Å². The molecular weight excluding hydrogens is 254 g/mol. The van der Waals surface area contributed by atoms with E-state index in [1.165, 1.54) is 10.6 Å². The van der Waals surface area contributed by atoms with E-state index in [1.54, 1.807) is 0 Å². The molecule has 0 unspecified atom stereocenters. The normalized spacial score (nSPS) is 10.9. The van der Waals surface area contributed by atoms with E-state index in [9.17, 15) is 4.79 Å². The van der Waals surface area contributed by atoms with E-state index >= 15 is 0 Å². The third kappa shape index (κ3) is 2.18. The molecule has 1 aromatic carbocycles. The number of aromatic nitrogens is 3. The van der Waals surface area contributed by atoms with Crippen LogP contribution in [0, 0.1) is 13.8 Å². The van der Waals surface area contributed by atoms with Crippen LogP contribution in [0.4, 0.5) is 0 Å². The number of H-pyrrole nitrogens is 1.